The number of piperidine rings is 1. The van der Waals surface area contributed by atoms with E-state index < -0.39 is 0 Å². The number of carbonyl (C=O) groups is 1. The van der Waals surface area contributed by atoms with E-state index in [2.05, 4.69) is 27.1 Å². The summed E-state index contributed by atoms with van der Waals surface area (Å²) in [5.74, 6) is 1.57. The standard InChI is InChI=1S/C23H24N4O3/c1-14-12-18(16(3)29-14)20-13-19(21-15(2)25-30-22(21)24-20)23(28)27-10-6-17(7-11-27)26-8-4-5-9-26/h4-5,8-9,12-13,17H,6-7,10-11H2,1-3H3. The highest BCUT2D eigenvalue weighted by molar-refractivity contribution is 6.07. The molecule has 0 aromatic carbocycles. The third-order valence-corrected chi connectivity index (χ3v) is 5.97. The number of aromatic nitrogens is 3. The summed E-state index contributed by atoms with van der Waals surface area (Å²) in [5.41, 5.74) is 3.18. The Hall–Kier alpha value is -3.35. The molecule has 0 aliphatic carbocycles. The molecule has 0 atom stereocenters. The van der Waals surface area contributed by atoms with Crippen LogP contribution in [0, 0.1) is 20.8 Å². The summed E-state index contributed by atoms with van der Waals surface area (Å²) in [7, 11) is 0. The lowest BCUT2D eigenvalue weighted by molar-refractivity contribution is 0.0696. The fourth-order valence-electron chi connectivity index (χ4n) is 4.42. The minimum absolute atomic E-state index is 0.00113. The van der Waals surface area contributed by atoms with Crippen LogP contribution >= 0.6 is 0 Å². The first-order chi connectivity index (χ1) is 14.5. The number of fused-ring (bicyclic) bond motifs is 1. The first-order valence-electron chi connectivity index (χ1n) is 10.3. The van der Waals surface area contributed by atoms with Crippen molar-refractivity contribution < 1.29 is 13.7 Å². The van der Waals surface area contributed by atoms with Crippen molar-refractivity contribution in [3.05, 3.63) is 59.4 Å². The van der Waals surface area contributed by atoms with Gasteiger partial charge in [0.15, 0.2) is 0 Å². The van der Waals surface area contributed by atoms with E-state index in [-0.39, 0.29) is 5.91 Å². The van der Waals surface area contributed by atoms with Crippen LogP contribution in [-0.4, -0.2) is 38.6 Å². The number of carbonyl (C=O) groups excluding carboxylic acids is 1. The first kappa shape index (κ1) is 18.7. The lowest BCUT2D eigenvalue weighted by Gasteiger charge is -2.33. The molecule has 0 radical (unpaired) electrons. The quantitative estimate of drug-likeness (QED) is 0.495. The first-order valence-corrected chi connectivity index (χ1v) is 10.3. The minimum atomic E-state index is -0.00113. The molecular weight excluding hydrogens is 380 g/mol. The molecule has 0 unspecified atom stereocenters. The van der Waals surface area contributed by atoms with Gasteiger partial charge in [0, 0.05) is 37.1 Å². The van der Waals surface area contributed by atoms with E-state index >= 15 is 0 Å². The summed E-state index contributed by atoms with van der Waals surface area (Å²) >= 11 is 0. The van der Waals surface area contributed by atoms with Gasteiger partial charge in [-0.15, -0.1) is 0 Å². The Morgan fingerprint density at radius 3 is 2.50 bits per heavy atom. The molecule has 4 aromatic heterocycles. The van der Waals surface area contributed by atoms with E-state index in [0.29, 0.717) is 34.1 Å². The molecule has 5 rings (SSSR count). The van der Waals surface area contributed by atoms with Crippen molar-refractivity contribution in [2.75, 3.05) is 13.1 Å². The van der Waals surface area contributed by atoms with Gasteiger partial charge in [-0.3, -0.25) is 4.79 Å². The third kappa shape index (κ3) is 3.10. The molecule has 1 aliphatic heterocycles. The maximum absolute atomic E-state index is 13.5. The largest absolute Gasteiger partial charge is 0.466 e. The molecule has 154 valence electrons. The topological polar surface area (TPSA) is 77.3 Å². The van der Waals surface area contributed by atoms with Gasteiger partial charge in [0.2, 0.25) is 0 Å². The van der Waals surface area contributed by atoms with Crippen LogP contribution in [0.25, 0.3) is 22.4 Å². The normalized spacial score (nSPS) is 15.2. The molecule has 5 heterocycles. The van der Waals surface area contributed by atoms with Crippen LogP contribution in [0.2, 0.25) is 0 Å². The van der Waals surface area contributed by atoms with Gasteiger partial charge in [0.05, 0.1) is 22.3 Å². The maximum Gasteiger partial charge on any atom is 0.259 e. The molecule has 1 aliphatic rings. The predicted octanol–water partition coefficient (Wildman–Crippen LogP) is 4.69. The van der Waals surface area contributed by atoms with E-state index in [0.717, 1.165) is 43.0 Å². The fourth-order valence-corrected chi connectivity index (χ4v) is 4.42. The number of amides is 1. The Morgan fingerprint density at radius 1 is 1.10 bits per heavy atom. The number of rotatable bonds is 3. The van der Waals surface area contributed by atoms with Gasteiger partial charge in [-0.05, 0) is 57.9 Å². The Bertz CT molecular complexity index is 1210. The number of likely N-dealkylation sites (tertiary alicyclic amines) is 1. The zero-order valence-corrected chi connectivity index (χ0v) is 17.4. The van der Waals surface area contributed by atoms with Crippen molar-refractivity contribution in [3.8, 4) is 11.3 Å². The smallest absolute Gasteiger partial charge is 0.259 e. The summed E-state index contributed by atoms with van der Waals surface area (Å²) in [6.07, 6.45) is 6.06. The van der Waals surface area contributed by atoms with Crippen LogP contribution in [0.1, 0.15) is 46.5 Å². The number of hydrogen-bond acceptors (Lipinski definition) is 5. The Labute approximate surface area is 174 Å². The van der Waals surface area contributed by atoms with Crippen molar-refractivity contribution in [3.63, 3.8) is 0 Å². The van der Waals surface area contributed by atoms with Crippen LogP contribution in [0.15, 0.2) is 45.6 Å². The summed E-state index contributed by atoms with van der Waals surface area (Å²) in [6, 6.07) is 8.31. The minimum Gasteiger partial charge on any atom is -0.466 e. The Morgan fingerprint density at radius 2 is 1.83 bits per heavy atom. The maximum atomic E-state index is 13.5. The van der Waals surface area contributed by atoms with Crippen molar-refractivity contribution in [1.29, 1.82) is 0 Å². The van der Waals surface area contributed by atoms with Crippen LogP contribution in [-0.2, 0) is 0 Å². The number of nitrogens with zero attached hydrogens (tertiary/aromatic N) is 4. The molecule has 0 saturated carbocycles. The fraction of sp³-hybridized carbons (Fsp3) is 0.348. The van der Waals surface area contributed by atoms with Crippen LogP contribution in [0.3, 0.4) is 0 Å². The Balaban J connectivity index is 1.49. The van der Waals surface area contributed by atoms with Gasteiger partial charge in [0.25, 0.3) is 11.6 Å². The van der Waals surface area contributed by atoms with Crippen LogP contribution in [0.5, 0.6) is 0 Å². The van der Waals surface area contributed by atoms with Gasteiger partial charge >= 0.3 is 0 Å². The average Bonchev–Trinajstić information content (AvgIpc) is 3.48. The molecule has 7 heteroatoms. The zero-order valence-electron chi connectivity index (χ0n) is 17.4. The van der Waals surface area contributed by atoms with Gasteiger partial charge in [-0.1, -0.05) is 5.16 Å². The summed E-state index contributed by atoms with van der Waals surface area (Å²) in [6.45, 7) is 7.07. The number of hydrogen-bond donors (Lipinski definition) is 0. The van der Waals surface area contributed by atoms with Gasteiger partial charge < -0.3 is 18.4 Å². The van der Waals surface area contributed by atoms with Crippen molar-refractivity contribution in [1.82, 2.24) is 19.6 Å². The number of pyridine rings is 1. The lowest BCUT2D eigenvalue weighted by Crippen LogP contribution is -2.39. The molecule has 1 fully saturated rings. The van der Waals surface area contributed by atoms with E-state index in [4.69, 9.17) is 8.94 Å². The van der Waals surface area contributed by atoms with Crippen LogP contribution < -0.4 is 0 Å². The Kier molecular flexibility index (Phi) is 4.46. The third-order valence-electron chi connectivity index (χ3n) is 5.97. The predicted molar refractivity (Wildman–Crippen MR) is 112 cm³/mol. The second kappa shape index (κ2) is 7.16. The van der Waals surface area contributed by atoms with Crippen LogP contribution in [0.4, 0.5) is 0 Å². The van der Waals surface area contributed by atoms with Gasteiger partial charge in [-0.2, -0.15) is 0 Å². The highest BCUT2D eigenvalue weighted by Crippen LogP contribution is 2.32. The van der Waals surface area contributed by atoms with Crippen molar-refractivity contribution in [2.45, 2.75) is 39.7 Å². The molecule has 0 bridgehead atoms. The summed E-state index contributed by atoms with van der Waals surface area (Å²) in [4.78, 5) is 20.1. The number of aryl methyl sites for hydroxylation is 3. The van der Waals surface area contributed by atoms with E-state index in [1.54, 1.807) is 0 Å². The van der Waals surface area contributed by atoms with Gasteiger partial charge in [-0.25, -0.2) is 4.98 Å². The molecule has 7 nitrogen and oxygen atoms in total. The average molecular weight is 404 g/mol. The zero-order chi connectivity index (χ0) is 20.8. The lowest BCUT2D eigenvalue weighted by atomic mass is 10.0. The number of furan rings is 1. The second-order valence-corrected chi connectivity index (χ2v) is 7.98. The molecular formula is C23H24N4O3. The van der Waals surface area contributed by atoms with E-state index in [1.807, 2.05) is 49.9 Å². The SMILES string of the molecule is Cc1cc(-c2cc(C(=O)N3CCC(n4cccc4)CC3)c3c(C)noc3n2)c(C)o1. The molecule has 4 aromatic rings. The molecule has 0 spiro atoms. The highest BCUT2D eigenvalue weighted by atomic mass is 16.5. The molecule has 1 saturated heterocycles. The molecule has 30 heavy (non-hydrogen) atoms. The monoisotopic (exact) mass is 404 g/mol. The summed E-state index contributed by atoms with van der Waals surface area (Å²) in [5, 5.41) is 4.75. The van der Waals surface area contributed by atoms with Gasteiger partial charge in [0.1, 0.15) is 11.5 Å². The second-order valence-electron chi connectivity index (χ2n) is 7.98. The van der Waals surface area contributed by atoms with E-state index in [9.17, 15) is 4.79 Å². The highest BCUT2D eigenvalue weighted by Gasteiger charge is 2.28. The van der Waals surface area contributed by atoms with E-state index in [1.165, 1.54) is 0 Å². The molecule has 1 amide bonds. The van der Waals surface area contributed by atoms with Crippen molar-refractivity contribution >= 4 is 17.0 Å². The molecule has 0 N–H and O–H groups in total. The van der Waals surface area contributed by atoms with Crippen molar-refractivity contribution in [2.24, 2.45) is 0 Å². The summed E-state index contributed by atoms with van der Waals surface area (Å²) < 4.78 is 13.3.